The van der Waals surface area contributed by atoms with Crippen LogP contribution in [0.5, 0.6) is 0 Å². The first-order valence-corrected chi connectivity index (χ1v) is 12.3. The van der Waals surface area contributed by atoms with Crippen LogP contribution in [0.1, 0.15) is 43.4 Å². The number of halogens is 6. The first-order chi connectivity index (χ1) is 19.5. The van der Waals surface area contributed by atoms with Crippen molar-refractivity contribution in [2.24, 2.45) is 0 Å². The van der Waals surface area contributed by atoms with Gasteiger partial charge in [0.15, 0.2) is 5.65 Å². The topological polar surface area (TPSA) is 88.4 Å². The van der Waals surface area contributed by atoms with E-state index in [1.54, 1.807) is 18.3 Å². The molecule has 0 saturated carbocycles. The van der Waals surface area contributed by atoms with E-state index in [0.29, 0.717) is 29.0 Å². The Labute approximate surface area is 232 Å². The second-order valence-electron chi connectivity index (χ2n) is 9.19. The molecule has 2 N–H and O–H groups in total. The number of nitrogens with zero attached hydrogens (tertiary/aromatic N) is 3. The molecule has 7 nitrogen and oxygen atoms in total. The van der Waals surface area contributed by atoms with Crippen LogP contribution >= 0.6 is 11.6 Å². The summed E-state index contributed by atoms with van der Waals surface area (Å²) in [6, 6.07) is 10.3. The smallest absolute Gasteiger partial charge is 0.341 e. The molecule has 0 fully saturated rings. The third kappa shape index (κ3) is 4.86. The molecule has 3 aromatic carbocycles. The summed E-state index contributed by atoms with van der Waals surface area (Å²) in [6.07, 6.45) is -1.76. The van der Waals surface area contributed by atoms with Gasteiger partial charge in [-0.25, -0.2) is 18.3 Å². The summed E-state index contributed by atoms with van der Waals surface area (Å²) in [7, 11) is 0. The summed E-state index contributed by atoms with van der Waals surface area (Å²) < 4.78 is 69.6. The van der Waals surface area contributed by atoms with Crippen molar-refractivity contribution in [3.05, 3.63) is 118 Å². The van der Waals surface area contributed by atoms with Crippen molar-refractivity contribution < 1.29 is 31.5 Å². The highest BCUT2D eigenvalue weighted by molar-refractivity contribution is 6.31. The minimum atomic E-state index is -4.90. The highest BCUT2D eigenvalue weighted by Gasteiger charge is 2.36. The molecule has 0 unspecified atom stereocenters. The number of alkyl halides is 3. The lowest BCUT2D eigenvalue weighted by Crippen LogP contribution is -2.21. The van der Waals surface area contributed by atoms with Crippen LogP contribution in [0.15, 0.2) is 73.1 Å². The Morgan fingerprint density at radius 2 is 1.80 bits per heavy atom. The maximum Gasteiger partial charge on any atom is 0.416 e. The number of fused-ring (bicyclic) bond motifs is 2. The van der Waals surface area contributed by atoms with E-state index in [-0.39, 0.29) is 33.5 Å². The molecule has 1 aliphatic heterocycles. The predicted octanol–water partition coefficient (Wildman–Crippen LogP) is 6.43. The van der Waals surface area contributed by atoms with Crippen LogP contribution in [0.3, 0.4) is 0 Å². The Balaban J connectivity index is 1.51. The number of imidazole rings is 1. The molecule has 5 aromatic rings. The first kappa shape index (κ1) is 26.4. The van der Waals surface area contributed by atoms with Gasteiger partial charge in [0.1, 0.15) is 11.6 Å². The number of aromatic nitrogens is 3. The molecule has 41 heavy (non-hydrogen) atoms. The van der Waals surface area contributed by atoms with Gasteiger partial charge in [0.2, 0.25) is 0 Å². The average Bonchev–Trinajstić information content (AvgIpc) is 3.53. The van der Waals surface area contributed by atoms with Gasteiger partial charge in [-0.3, -0.25) is 9.59 Å². The quantitative estimate of drug-likeness (QED) is 0.239. The number of carbonyl (C=O) groups excluding carboxylic acids is 2. The highest BCUT2D eigenvalue weighted by atomic mass is 35.5. The van der Waals surface area contributed by atoms with Crippen molar-refractivity contribution in [1.29, 1.82) is 0 Å². The molecule has 6 rings (SSSR count). The van der Waals surface area contributed by atoms with Gasteiger partial charge in [0.25, 0.3) is 11.8 Å². The van der Waals surface area contributed by atoms with Gasteiger partial charge in [0, 0.05) is 50.9 Å². The van der Waals surface area contributed by atoms with Gasteiger partial charge in [-0.2, -0.15) is 18.3 Å². The molecule has 1 aliphatic rings. The number of carbonyl (C=O) groups is 2. The lowest BCUT2D eigenvalue weighted by molar-refractivity contribution is -0.137. The van der Waals surface area contributed by atoms with Crippen LogP contribution in [-0.2, 0) is 6.18 Å². The largest absolute Gasteiger partial charge is 0.416 e. The Morgan fingerprint density at radius 1 is 1.00 bits per heavy atom. The van der Waals surface area contributed by atoms with Crippen LogP contribution in [0.2, 0.25) is 5.02 Å². The maximum absolute atomic E-state index is 14.2. The Hall–Kier alpha value is -4.84. The third-order valence-electron chi connectivity index (χ3n) is 6.54. The average molecular weight is 584 g/mol. The fourth-order valence-corrected chi connectivity index (χ4v) is 4.93. The van der Waals surface area contributed by atoms with Gasteiger partial charge in [-0.1, -0.05) is 11.6 Å². The lowest BCUT2D eigenvalue weighted by Gasteiger charge is -2.19. The number of hydrogen-bond acceptors (Lipinski definition) is 4. The summed E-state index contributed by atoms with van der Waals surface area (Å²) in [5, 5.41) is 9.80. The van der Waals surface area contributed by atoms with Crippen LogP contribution in [0.4, 0.5) is 27.6 Å². The van der Waals surface area contributed by atoms with Gasteiger partial charge >= 0.3 is 6.18 Å². The van der Waals surface area contributed by atoms with Gasteiger partial charge in [-0.15, -0.1) is 0 Å². The second-order valence-corrected chi connectivity index (χ2v) is 9.59. The zero-order chi connectivity index (χ0) is 29.1. The number of hydrogen-bond donors (Lipinski definition) is 2. The number of rotatable bonds is 4. The fraction of sp³-hybridized carbons (Fsp3) is 0.0714. The van der Waals surface area contributed by atoms with E-state index < -0.39 is 46.8 Å². The van der Waals surface area contributed by atoms with Crippen LogP contribution in [-0.4, -0.2) is 26.4 Å². The molecule has 13 heteroatoms. The van der Waals surface area contributed by atoms with Gasteiger partial charge in [-0.05, 0) is 60.7 Å². The zero-order valence-corrected chi connectivity index (χ0v) is 21.2. The van der Waals surface area contributed by atoms with Gasteiger partial charge in [0.05, 0.1) is 17.3 Å². The monoisotopic (exact) mass is 583 g/mol. The summed E-state index contributed by atoms with van der Waals surface area (Å²) >= 11 is 6.32. The number of amides is 2. The van der Waals surface area contributed by atoms with Crippen LogP contribution < -0.4 is 10.6 Å². The van der Waals surface area contributed by atoms with E-state index in [4.69, 9.17) is 11.6 Å². The van der Waals surface area contributed by atoms with Crippen LogP contribution in [0, 0.1) is 11.6 Å². The summed E-state index contributed by atoms with van der Waals surface area (Å²) in [5.41, 5.74) is -0.199. The Bertz CT molecular complexity index is 1890. The molecule has 2 amide bonds. The van der Waals surface area contributed by atoms with E-state index in [0.717, 1.165) is 12.1 Å². The van der Waals surface area contributed by atoms with Gasteiger partial charge < -0.3 is 10.6 Å². The summed E-state index contributed by atoms with van der Waals surface area (Å²) in [6.45, 7) is 0. The van der Waals surface area contributed by atoms with E-state index in [1.165, 1.54) is 28.9 Å². The molecule has 206 valence electrons. The minimum absolute atomic E-state index is 0.00322. The molecular formula is C28H15ClF5N5O2. The lowest BCUT2D eigenvalue weighted by atomic mass is 9.93. The van der Waals surface area contributed by atoms with Crippen molar-refractivity contribution in [3.63, 3.8) is 0 Å². The third-order valence-corrected chi connectivity index (χ3v) is 6.89. The Kier molecular flexibility index (Phi) is 6.22. The molecule has 0 saturated heterocycles. The van der Waals surface area contributed by atoms with Crippen LogP contribution in [0.25, 0.3) is 16.9 Å². The molecular weight excluding hydrogens is 569 g/mol. The molecule has 2 aromatic heterocycles. The molecule has 3 heterocycles. The highest BCUT2D eigenvalue weighted by Crippen LogP contribution is 2.42. The van der Waals surface area contributed by atoms with Crippen molar-refractivity contribution in [3.8, 4) is 11.3 Å². The molecule has 0 aliphatic carbocycles. The van der Waals surface area contributed by atoms with E-state index in [9.17, 15) is 31.5 Å². The first-order valence-electron chi connectivity index (χ1n) is 11.9. The molecule has 0 bridgehead atoms. The normalized spacial score (nSPS) is 14.7. The van der Waals surface area contributed by atoms with Crippen molar-refractivity contribution in [2.45, 2.75) is 12.2 Å². The molecule has 0 spiro atoms. The Morgan fingerprint density at radius 3 is 2.59 bits per heavy atom. The fourth-order valence-electron chi connectivity index (χ4n) is 4.70. The van der Waals surface area contributed by atoms with E-state index in [2.05, 4.69) is 20.7 Å². The predicted molar refractivity (Wildman–Crippen MR) is 138 cm³/mol. The van der Waals surface area contributed by atoms with E-state index in [1.807, 2.05) is 0 Å². The van der Waals surface area contributed by atoms with Crippen molar-refractivity contribution in [2.75, 3.05) is 5.32 Å². The summed E-state index contributed by atoms with van der Waals surface area (Å²) in [5.74, 6) is -3.54. The minimum Gasteiger partial charge on any atom is -0.341 e. The maximum atomic E-state index is 14.2. The number of anilines is 1. The second kappa shape index (κ2) is 9.66. The van der Waals surface area contributed by atoms with Crippen molar-refractivity contribution >= 4 is 34.7 Å². The number of nitrogens with one attached hydrogen (secondary N) is 2. The number of benzene rings is 3. The van der Waals surface area contributed by atoms with Crippen molar-refractivity contribution in [1.82, 2.24) is 19.9 Å². The zero-order valence-electron chi connectivity index (χ0n) is 20.4. The summed E-state index contributed by atoms with van der Waals surface area (Å²) in [4.78, 5) is 30.5. The standard InChI is InChI=1S/C28H15ClF5N5O2/c29-20-2-1-16(30)12-18(20)25-24-19(27(41)37-25)9-13(21-3-4-23-35-5-6-39(23)38-21)10-22(24)36-26(40)14-7-15(28(32,33)34)11-17(31)8-14/h1-12,25H,(H,36,40)(H,37,41)/t25-/m1/s1. The molecule has 0 radical (unpaired) electrons. The van der Waals surface area contributed by atoms with E-state index >= 15 is 0 Å². The SMILES string of the molecule is O=C(Nc1cc(-c2ccc3nccn3n2)cc2c1[C@@H](c1cc(F)ccc1Cl)NC2=O)c1cc(F)cc(C(F)(F)F)c1. The molecule has 1 atom stereocenters.